The van der Waals surface area contributed by atoms with E-state index in [1.807, 2.05) is 11.0 Å². The van der Waals surface area contributed by atoms with E-state index >= 15 is 0 Å². The zero-order chi connectivity index (χ0) is 19.8. The van der Waals surface area contributed by atoms with Crippen molar-refractivity contribution in [2.75, 3.05) is 14.1 Å². The summed E-state index contributed by atoms with van der Waals surface area (Å²) in [5.74, 6) is 0.163. The Morgan fingerprint density at radius 1 is 1.26 bits per heavy atom. The average molecular weight is 376 g/mol. The standard InChI is InChI=1S/C19H19F3N4O/c1-24-19(25-11-15-6-3-14(10-23)9-17(15)20)26(2)12-13-4-7-16(8-5-13)27-18(21)22/h3-9,18H,11-12H2,1-2H3,(H,24,25). The summed E-state index contributed by atoms with van der Waals surface area (Å²) in [6.07, 6.45) is 0. The number of alkyl halides is 2. The van der Waals surface area contributed by atoms with Crippen molar-refractivity contribution in [3.05, 3.63) is 65.0 Å². The number of aliphatic imine (C=N–C) groups is 1. The SMILES string of the molecule is CN=C(NCc1ccc(C#N)cc1F)N(C)Cc1ccc(OC(F)F)cc1. The lowest BCUT2D eigenvalue weighted by molar-refractivity contribution is -0.0498. The van der Waals surface area contributed by atoms with E-state index in [0.29, 0.717) is 18.1 Å². The van der Waals surface area contributed by atoms with E-state index < -0.39 is 12.4 Å². The summed E-state index contributed by atoms with van der Waals surface area (Å²) >= 11 is 0. The van der Waals surface area contributed by atoms with Gasteiger partial charge in [0, 0.05) is 32.7 Å². The number of ether oxygens (including phenoxy) is 1. The lowest BCUT2D eigenvalue weighted by atomic mass is 10.1. The van der Waals surface area contributed by atoms with E-state index in [2.05, 4.69) is 15.0 Å². The Morgan fingerprint density at radius 3 is 2.52 bits per heavy atom. The highest BCUT2D eigenvalue weighted by Crippen LogP contribution is 2.16. The Balaban J connectivity index is 1.96. The van der Waals surface area contributed by atoms with Crippen LogP contribution in [0.25, 0.3) is 0 Å². The van der Waals surface area contributed by atoms with Gasteiger partial charge in [0.1, 0.15) is 11.6 Å². The zero-order valence-corrected chi connectivity index (χ0v) is 14.9. The largest absolute Gasteiger partial charge is 0.435 e. The summed E-state index contributed by atoms with van der Waals surface area (Å²) in [4.78, 5) is 5.96. The molecule has 0 aliphatic heterocycles. The van der Waals surface area contributed by atoms with Crippen LogP contribution in [0, 0.1) is 17.1 Å². The van der Waals surface area contributed by atoms with Crippen molar-refractivity contribution in [2.24, 2.45) is 4.99 Å². The first kappa shape index (κ1) is 20.1. The van der Waals surface area contributed by atoms with Crippen LogP contribution in [0.5, 0.6) is 5.75 Å². The fourth-order valence-corrected chi connectivity index (χ4v) is 2.44. The third-order valence-corrected chi connectivity index (χ3v) is 3.76. The van der Waals surface area contributed by atoms with Crippen LogP contribution >= 0.6 is 0 Å². The van der Waals surface area contributed by atoms with Crippen LogP contribution in [0.2, 0.25) is 0 Å². The molecule has 5 nitrogen and oxygen atoms in total. The molecule has 0 atom stereocenters. The Labute approximate surface area is 155 Å². The monoisotopic (exact) mass is 376 g/mol. The van der Waals surface area contributed by atoms with Gasteiger partial charge in [0.15, 0.2) is 5.96 Å². The third kappa shape index (κ3) is 5.92. The normalized spacial score (nSPS) is 11.2. The van der Waals surface area contributed by atoms with Crippen molar-refractivity contribution < 1.29 is 17.9 Å². The number of nitrogens with zero attached hydrogens (tertiary/aromatic N) is 3. The molecule has 2 aromatic rings. The highest BCUT2D eigenvalue weighted by molar-refractivity contribution is 5.79. The quantitative estimate of drug-likeness (QED) is 0.619. The Morgan fingerprint density at radius 2 is 1.96 bits per heavy atom. The molecule has 8 heteroatoms. The smallest absolute Gasteiger partial charge is 0.387 e. The van der Waals surface area contributed by atoms with Gasteiger partial charge in [0.05, 0.1) is 11.6 Å². The first-order valence-corrected chi connectivity index (χ1v) is 8.07. The highest BCUT2D eigenvalue weighted by Gasteiger charge is 2.10. The molecule has 0 fully saturated rings. The maximum Gasteiger partial charge on any atom is 0.387 e. The van der Waals surface area contributed by atoms with Crippen LogP contribution in [0.15, 0.2) is 47.5 Å². The van der Waals surface area contributed by atoms with Gasteiger partial charge in [-0.2, -0.15) is 14.0 Å². The van der Waals surface area contributed by atoms with Gasteiger partial charge in [-0.3, -0.25) is 4.99 Å². The van der Waals surface area contributed by atoms with Crippen LogP contribution < -0.4 is 10.1 Å². The van der Waals surface area contributed by atoms with Crippen LogP contribution in [-0.2, 0) is 13.1 Å². The van der Waals surface area contributed by atoms with Crippen molar-refractivity contribution in [3.8, 4) is 11.8 Å². The number of nitrogens with one attached hydrogen (secondary N) is 1. The molecule has 0 saturated carbocycles. The molecule has 0 heterocycles. The van der Waals surface area contributed by atoms with Gasteiger partial charge in [0.2, 0.25) is 0 Å². The van der Waals surface area contributed by atoms with Crippen LogP contribution in [0.3, 0.4) is 0 Å². The first-order chi connectivity index (χ1) is 12.9. The van der Waals surface area contributed by atoms with Crippen molar-refractivity contribution in [2.45, 2.75) is 19.7 Å². The topological polar surface area (TPSA) is 60.7 Å². The van der Waals surface area contributed by atoms with E-state index in [0.717, 1.165) is 5.56 Å². The summed E-state index contributed by atoms with van der Waals surface area (Å²) in [6, 6.07) is 12.5. The third-order valence-electron chi connectivity index (χ3n) is 3.76. The Hall–Kier alpha value is -3.21. The van der Waals surface area contributed by atoms with Crippen LogP contribution in [-0.4, -0.2) is 31.6 Å². The molecule has 0 saturated heterocycles. The number of benzene rings is 2. The van der Waals surface area contributed by atoms with Crippen molar-refractivity contribution in [1.82, 2.24) is 10.2 Å². The highest BCUT2D eigenvalue weighted by atomic mass is 19.3. The molecule has 0 aromatic heterocycles. The molecule has 0 amide bonds. The number of rotatable bonds is 6. The van der Waals surface area contributed by atoms with E-state index in [1.165, 1.54) is 18.2 Å². The predicted octanol–water partition coefficient (Wildman–Crippen LogP) is 3.51. The van der Waals surface area contributed by atoms with Gasteiger partial charge in [0.25, 0.3) is 0 Å². The molecule has 0 aliphatic carbocycles. The summed E-state index contributed by atoms with van der Waals surface area (Å²) < 4.78 is 42.6. The second-order valence-electron chi connectivity index (χ2n) is 5.70. The molecule has 0 radical (unpaired) electrons. The van der Waals surface area contributed by atoms with Gasteiger partial charge >= 0.3 is 6.61 Å². The molecule has 0 bridgehead atoms. The van der Waals surface area contributed by atoms with E-state index in [1.54, 1.807) is 38.4 Å². The first-order valence-electron chi connectivity index (χ1n) is 8.07. The second-order valence-corrected chi connectivity index (χ2v) is 5.70. The summed E-state index contributed by atoms with van der Waals surface area (Å²) in [5.41, 5.74) is 1.54. The summed E-state index contributed by atoms with van der Waals surface area (Å²) in [6.45, 7) is -2.19. The minimum Gasteiger partial charge on any atom is -0.435 e. The minimum atomic E-state index is -2.86. The van der Waals surface area contributed by atoms with Gasteiger partial charge < -0.3 is 15.0 Å². The maximum absolute atomic E-state index is 14.0. The predicted molar refractivity (Wildman–Crippen MR) is 95.9 cm³/mol. The molecule has 2 aromatic carbocycles. The number of halogens is 3. The fourth-order valence-electron chi connectivity index (χ4n) is 2.44. The molecule has 1 N–H and O–H groups in total. The Bertz CT molecular complexity index is 832. The van der Waals surface area contributed by atoms with Gasteiger partial charge in [-0.15, -0.1) is 0 Å². The maximum atomic E-state index is 14.0. The van der Waals surface area contributed by atoms with Gasteiger partial charge in [-0.25, -0.2) is 4.39 Å². The average Bonchev–Trinajstić information content (AvgIpc) is 2.64. The van der Waals surface area contributed by atoms with Crippen LogP contribution in [0.4, 0.5) is 13.2 Å². The number of hydrogen-bond donors (Lipinski definition) is 1. The summed E-state index contributed by atoms with van der Waals surface area (Å²) in [5, 5.41) is 11.8. The number of hydrogen-bond acceptors (Lipinski definition) is 3. The second kappa shape index (κ2) is 9.48. The Kier molecular flexibility index (Phi) is 7.06. The molecule has 142 valence electrons. The number of nitriles is 1. The molecular formula is C19H19F3N4O. The zero-order valence-electron chi connectivity index (χ0n) is 14.9. The number of guanidine groups is 1. The lowest BCUT2D eigenvalue weighted by Crippen LogP contribution is -2.38. The molecular weight excluding hydrogens is 357 g/mol. The summed E-state index contributed by atoms with van der Waals surface area (Å²) in [7, 11) is 3.40. The van der Waals surface area contributed by atoms with E-state index in [4.69, 9.17) is 5.26 Å². The molecule has 27 heavy (non-hydrogen) atoms. The minimum absolute atomic E-state index is 0.0928. The molecule has 2 rings (SSSR count). The molecule has 0 unspecified atom stereocenters. The van der Waals surface area contributed by atoms with Crippen molar-refractivity contribution >= 4 is 5.96 Å². The van der Waals surface area contributed by atoms with Crippen LogP contribution in [0.1, 0.15) is 16.7 Å². The van der Waals surface area contributed by atoms with Crippen molar-refractivity contribution in [3.63, 3.8) is 0 Å². The lowest BCUT2D eigenvalue weighted by Gasteiger charge is -2.22. The van der Waals surface area contributed by atoms with Gasteiger partial charge in [-0.05, 0) is 29.8 Å². The molecule has 0 aliphatic rings. The molecule has 0 spiro atoms. The van der Waals surface area contributed by atoms with E-state index in [9.17, 15) is 13.2 Å². The van der Waals surface area contributed by atoms with Gasteiger partial charge in [-0.1, -0.05) is 18.2 Å². The fraction of sp³-hybridized carbons (Fsp3) is 0.263. The van der Waals surface area contributed by atoms with E-state index in [-0.39, 0.29) is 17.9 Å². The van der Waals surface area contributed by atoms with Crippen molar-refractivity contribution in [1.29, 1.82) is 5.26 Å².